The normalized spacial score (nSPS) is 23.2. The molecule has 1 saturated carbocycles. The van der Waals surface area contributed by atoms with Crippen LogP contribution in [-0.4, -0.2) is 31.6 Å². The number of hydrogen-bond donors (Lipinski definition) is 1. The second-order valence-electron chi connectivity index (χ2n) is 6.66. The van der Waals surface area contributed by atoms with Gasteiger partial charge < -0.3 is 14.8 Å². The summed E-state index contributed by atoms with van der Waals surface area (Å²) in [6, 6.07) is 7.49. The molecule has 0 aliphatic heterocycles. The Morgan fingerprint density at radius 1 is 1.28 bits per heavy atom. The molecule has 1 aromatic carbocycles. The summed E-state index contributed by atoms with van der Waals surface area (Å²) >= 11 is 0. The Morgan fingerprint density at radius 2 is 2.08 bits per heavy atom. The SMILES string of the molecule is COc1cccc(/C=C/C(=O)OCC(=O)NC2CCCC(C)C2C)c1. The summed E-state index contributed by atoms with van der Waals surface area (Å²) < 4.78 is 10.1. The van der Waals surface area contributed by atoms with Crippen LogP contribution in [0.1, 0.15) is 38.7 Å². The van der Waals surface area contributed by atoms with Gasteiger partial charge in [-0.2, -0.15) is 0 Å². The summed E-state index contributed by atoms with van der Waals surface area (Å²) in [7, 11) is 1.59. The van der Waals surface area contributed by atoms with Crippen molar-refractivity contribution in [2.45, 2.75) is 39.2 Å². The van der Waals surface area contributed by atoms with Crippen LogP contribution in [0.15, 0.2) is 30.3 Å². The van der Waals surface area contributed by atoms with Crippen LogP contribution < -0.4 is 10.1 Å². The molecule has 2 rings (SSSR count). The van der Waals surface area contributed by atoms with Gasteiger partial charge in [0.1, 0.15) is 5.75 Å². The molecule has 0 spiro atoms. The predicted molar refractivity (Wildman–Crippen MR) is 97.1 cm³/mol. The number of benzene rings is 1. The Morgan fingerprint density at radius 3 is 2.84 bits per heavy atom. The zero-order valence-corrected chi connectivity index (χ0v) is 15.2. The van der Waals surface area contributed by atoms with Crippen molar-refractivity contribution < 1.29 is 19.1 Å². The highest BCUT2D eigenvalue weighted by molar-refractivity contribution is 5.89. The monoisotopic (exact) mass is 345 g/mol. The maximum atomic E-state index is 12.0. The smallest absolute Gasteiger partial charge is 0.331 e. The van der Waals surface area contributed by atoms with Gasteiger partial charge in [0.25, 0.3) is 5.91 Å². The first-order chi connectivity index (χ1) is 12.0. The maximum absolute atomic E-state index is 12.0. The fourth-order valence-electron chi connectivity index (χ4n) is 3.13. The molecule has 0 heterocycles. The number of amides is 1. The molecule has 1 aromatic rings. The van der Waals surface area contributed by atoms with Crippen molar-refractivity contribution in [2.24, 2.45) is 11.8 Å². The van der Waals surface area contributed by atoms with Gasteiger partial charge in [-0.05, 0) is 42.0 Å². The molecule has 3 atom stereocenters. The highest BCUT2D eigenvalue weighted by Gasteiger charge is 2.28. The molecule has 1 aliphatic rings. The van der Waals surface area contributed by atoms with E-state index in [2.05, 4.69) is 19.2 Å². The summed E-state index contributed by atoms with van der Waals surface area (Å²) in [6.45, 7) is 4.13. The van der Waals surface area contributed by atoms with E-state index in [1.807, 2.05) is 24.3 Å². The minimum Gasteiger partial charge on any atom is -0.497 e. The van der Waals surface area contributed by atoms with Gasteiger partial charge in [-0.1, -0.05) is 38.8 Å². The van der Waals surface area contributed by atoms with E-state index in [4.69, 9.17) is 9.47 Å². The number of methoxy groups -OCH3 is 1. The average Bonchev–Trinajstić information content (AvgIpc) is 2.62. The van der Waals surface area contributed by atoms with Crippen molar-refractivity contribution in [1.29, 1.82) is 0 Å². The summed E-state index contributed by atoms with van der Waals surface area (Å²) in [5.74, 6) is 0.983. The molecule has 1 fully saturated rings. The molecule has 1 aliphatic carbocycles. The minimum atomic E-state index is -0.539. The number of carbonyl (C=O) groups is 2. The lowest BCUT2D eigenvalue weighted by molar-refractivity contribution is -0.144. The van der Waals surface area contributed by atoms with Crippen molar-refractivity contribution >= 4 is 18.0 Å². The summed E-state index contributed by atoms with van der Waals surface area (Å²) in [4.78, 5) is 23.8. The number of hydrogen-bond acceptors (Lipinski definition) is 4. The highest BCUT2D eigenvalue weighted by atomic mass is 16.5. The lowest BCUT2D eigenvalue weighted by atomic mass is 9.78. The first-order valence-corrected chi connectivity index (χ1v) is 8.78. The largest absolute Gasteiger partial charge is 0.497 e. The highest BCUT2D eigenvalue weighted by Crippen LogP contribution is 2.29. The fourth-order valence-corrected chi connectivity index (χ4v) is 3.13. The Bertz CT molecular complexity index is 626. The molecule has 0 radical (unpaired) electrons. The second kappa shape index (κ2) is 9.25. The summed E-state index contributed by atoms with van der Waals surface area (Å²) in [5, 5.41) is 2.99. The van der Waals surface area contributed by atoms with Crippen molar-refractivity contribution in [3.63, 3.8) is 0 Å². The van der Waals surface area contributed by atoms with E-state index in [0.717, 1.165) is 18.4 Å². The van der Waals surface area contributed by atoms with Gasteiger partial charge in [0.05, 0.1) is 7.11 Å². The quantitative estimate of drug-likeness (QED) is 0.635. The average molecular weight is 345 g/mol. The second-order valence-corrected chi connectivity index (χ2v) is 6.66. The third kappa shape index (κ3) is 5.93. The lowest BCUT2D eigenvalue weighted by Gasteiger charge is -2.34. The van der Waals surface area contributed by atoms with Crippen molar-refractivity contribution in [3.8, 4) is 5.75 Å². The Balaban J connectivity index is 1.77. The topological polar surface area (TPSA) is 64.6 Å². The van der Waals surface area contributed by atoms with Crippen LogP contribution in [0.4, 0.5) is 0 Å². The summed E-state index contributed by atoms with van der Waals surface area (Å²) in [5.41, 5.74) is 0.825. The van der Waals surface area contributed by atoms with Gasteiger partial charge in [-0.3, -0.25) is 4.79 Å². The van der Waals surface area contributed by atoms with E-state index in [1.165, 1.54) is 12.5 Å². The molecular weight excluding hydrogens is 318 g/mol. The molecule has 25 heavy (non-hydrogen) atoms. The zero-order chi connectivity index (χ0) is 18.2. The molecule has 5 nitrogen and oxygen atoms in total. The van der Waals surface area contributed by atoms with Crippen LogP contribution in [0.25, 0.3) is 6.08 Å². The van der Waals surface area contributed by atoms with Gasteiger partial charge in [-0.15, -0.1) is 0 Å². The Hall–Kier alpha value is -2.30. The van der Waals surface area contributed by atoms with Crippen LogP contribution >= 0.6 is 0 Å². The van der Waals surface area contributed by atoms with Crippen LogP contribution in [0.2, 0.25) is 0 Å². The van der Waals surface area contributed by atoms with Crippen molar-refractivity contribution in [3.05, 3.63) is 35.9 Å². The number of nitrogens with one attached hydrogen (secondary N) is 1. The van der Waals surface area contributed by atoms with E-state index in [-0.39, 0.29) is 18.6 Å². The molecular formula is C20H27NO4. The summed E-state index contributed by atoms with van der Waals surface area (Å²) in [6.07, 6.45) is 6.26. The molecule has 1 N–H and O–H groups in total. The molecule has 3 unspecified atom stereocenters. The number of rotatable bonds is 6. The number of esters is 1. The predicted octanol–water partition coefficient (Wildman–Crippen LogP) is 3.19. The Labute approximate surface area is 149 Å². The van der Waals surface area contributed by atoms with E-state index in [0.29, 0.717) is 17.6 Å². The minimum absolute atomic E-state index is 0.169. The van der Waals surface area contributed by atoms with Crippen LogP contribution in [0, 0.1) is 11.8 Å². The van der Waals surface area contributed by atoms with Gasteiger partial charge in [-0.25, -0.2) is 4.79 Å². The van der Waals surface area contributed by atoms with Gasteiger partial charge in [0, 0.05) is 12.1 Å². The lowest BCUT2D eigenvalue weighted by Crippen LogP contribution is -2.45. The fraction of sp³-hybridized carbons (Fsp3) is 0.500. The number of carbonyl (C=O) groups excluding carboxylic acids is 2. The van der Waals surface area contributed by atoms with Crippen LogP contribution in [0.5, 0.6) is 5.75 Å². The Kier molecular flexibility index (Phi) is 7.04. The molecule has 0 saturated heterocycles. The third-order valence-corrected chi connectivity index (χ3v) is 4.90. The van der Waals surface area contributed by atoms with Gasteiger partial charge in [0.2, 0.25) is 0 Å². The van der Waals surface area contributed by atoms with Crippen molar-refractivity contribution in [2.75, 3.05) is 13.7 Å². The van der Waals surface area contributed by atoms with Crippen LogP contribution in [0.3, 0.4) is 0 Å². The molecule has 0 aromatic heterocycles. The molecule has 0 bridgehead atoms. The molecule has 5 heteroatoms. The molecule has 136 valence electrons. The van der Waals surface area contributed by atoms with E-state index in [9.17, 15) is 9.59 Å². The zero-order valence-electron chi connectivity index (χ0n) is 15.2. The molecule has 1 amide bonds. The van der Waals surface area contributed by atoms with Gasteiger partial charge in [0.15, 0.2) is 6.61 Å². The van der Waals surface area contributed by atoms with Gasteiger partial charge >= 0.3 is 5.97 Å². The standard InChI is InChI=1S/C20H27NO4/c1-14-6-4-9-18(15(14)2)21-19(22)13-25-20(23)11-10-16-7-5-8-17(12-16)24-3/h5,7-8,10-12,14-15,18H,4,6,9,13H2,1-3H3,(H,21,22)/b11-10+. The van der Waals surface area contributed by atoms with E-state index >= 15 is 0 Å². The van der Waals surface area contributed by atoms with Crippen molar-refractivity contribution in [1.82, 2.24) is 5.32 Å². The third-order valence-electron chi connectivity index (χ3n) is 4.90. The van der Waals surface area contributed by atoms with E-state index < -0.39 is 5.97 Å². The number of ether oxygens (including phenoxy) is 2. The van der Waals surface area contributed by atoms with Crippen LogP contribution in [-0.2, 0) is 14.3 Å². The first-order valence-electron chi connectivity index (χ1n) is 8.78. The van der Waals surface area contributed by atoms with E-state index in [1.54, 1.807) is 13.2 Å². The first kappa shape index (κ1) is 19.0. The maximum Gasteiger partial charge on any atom is 0.331 e.